The highest BCUT2D eigenvalue weighted by Gasteiger charge is 2.49. The van der Waals surface area contributed by atoms with Crippen molar-refractivity contribution in [2.24, 2.45) is 10.9 Å². The van der Waals surface area contributed by atoms with E-state index in [0.717, 1.165) is 0 Å². The van der Waals surface area contributed by atoms with Gasteiger partial charge in [-0.2, -0.15) is 13.2 Å². The van der Waals surface area contributed by atoms with Crippen LogP contribution in [0.5, 0.6) is 0 Å². The maximum atomic E-state index is 13.9. The molecule has 2 aromatic rings. The summed E-state index contributed by atoms with van der Waals surface area (Å²) in [5.74, 6) is -4.61. The van der Waals surface area contributed by atoms with Crippen LogP contribution < -0.4 is 0 Å². The quantitative estimate of drug-likeness (QED) is 0.427. The molecular weight excluding hydrogens is 411 g/mol. The SMILES string of the molecule is CCOC(=O)CC(C(N=C(c1ccccc1)c1ccccc1)C(=O)OCC)C(F)(F)F. The number of benzene rings is 2. The summed E-state index contributed by atoms with van der Waals surface area (Å²) in [7, 11) is 0. The van der Waals surface area contributed by atoms with E-state index in [9.17, 15) is 22.8 Å². The van der Waals surface area contributed by atoms with Crippen molar-refractivity contribution in [2.45, 2.75) is 32.5 Å². The Morgan fingerprint density at radius 1 is 0.871 bits per heavy atom. The summed E-state index contributed by atoms with van der Waals surface area (Å²) in [6, 6.07) is 15.1. The molecule has 2 atom stereocenters. The van der Waals surface area contributed by atoms with Crippen molar-refractivity contribution >= 4 is 17.7 Å². The topological polar surface area (TPSA) is 65.0 Å². The number of aliphatic imine (C=N–C) groups is 1. The molecule has 166 valence electrons. The van der Waals surface area contributed by atoms with Crippen molar-refractivity contribution in [2.75, 3.05) is 13.2 Å². The summed E-state index contributed by atoms with van der Waals surface area (Å²) in [6.45, 7) is 2.78. The smallest absolute Gasteiger partial charge is 0.395 e. The van der Waals surface area contributed by atoms with Gasteiger partial charge in [0.05, 0.1) is 31.3 Å². The first-order valence-corrected chi connectivity index (χ1v) is 9.85. The number of ether oxygens (including phenoxy) is 2. The van der Waals surface area contributed by atoms with Crippen molar-refractivity contribution in [1.29, 1.82) is 0 Å². The van der Waals surface area contributed by atoms with Gasteiger partial charge in [-0.1, -0.05) is 60.7 Å². The first-order valence-electron chi connectivity index (χ1n) is 9.85. The molecule has 0 N–H and O–H groups in total. The van der Waals surface area contributed by atoms with Gasteiger partial charge in [-0.3, -0.25) is 9.79 Å². The van der Waals surface area contributed by atoms with Crippen LogP contribution >= 0.6 is 0 Å². The highest BCUT2D eigenvalue weighted by molar-refractivity contribution is 6.13. The van der Waals surface area contributed by atoms with Gasteiger partial charge >= 0.3 is 18.1 Å². The van der Waals surface area contributed by atoms with Crippen molar-refractivity contribution in [3.63, 3.8) is 0 Å². The molecular formula is C23H24F3NO4. The Hall–Kier alpha value is -3.16. The van der Waals surface area contributed by atoms with Crippen molar-refractivity contribution in [1.82, 2.24) is 0 Å². The predicted molar refractivity (Wildman–Crippen MR) is 110 cm³/mol. The Morgan fingerprint density at radius 3 is 1.77 bits per heavy atom. The normalized spacial score (nSPS) is 13.1. The number of hydrogen-bond acceptors (Lipinski definition) is 5. The van der Waals surface area contributed by atoms with Gasteiger partial charge in [0.1, 0.15) is 0 Å². The third-order valence-corrected chi connectivity index (χ3v) is 4.38. The molecule has 31 heavy (non-hydrogen) atoms. The molecule has 5 nitrogen and oxygen atoms in total. The highest BCUT2D eigenvalue weighted by Crippen LogP contribution is 2.34. The molecule has 0 radical (unpaired) electrons. The van der Waals surface area contributed by atoms with Crippen LogP contribution in [0.4, 0.5) is 13.2 Å². The molecule has 8 heteroatoms. The van der Waals surface area contributed by atoms with Crippen molar-refractivity contribution in [3.8, 4) is 0 Å². The Bertz CT molecular complexity index is 841. The average molecular weight is 435 g/mol. The molecule has 0 aromatic heterocycles. The fourth-order valence-electron chi connectivity index (χ4n) is 2.99. The third kappa shape index (κ3) is 6.94. The van der Waals surface area contributed by atoms with E-state index in [1.54, 1.807) is 60.7 Å². The second-order valence-electron chi connectivity index (χ2n) is 6.56. The maximum absolute atomic E-state index is 13.9. The van der Waals surface area contributed by atoms with Crippen LogP contribution in [-0.2, 0) is 19.1 Å². The van der Waals surface area contributed by atoms with Gasteiger partial charge in [0.25, 0.3) is 0 Å². The molecule has 0 aliphatic carbocycles. The third-order valence-electron chi connectivity index (χ3n) is 4.38. The fraction of sp³-hybridized carbons (Fsp3) is 0.348. The zero-order valence-electron chi connectivity index (χ0n) is 17.3. The van der Waals surface area contributed by atoms with Crippen LogP contribution in [0, 0.1) is 5.92 Å². The van der Waals surface area contributed by atoms with Crippen LogP contribution in [0.1, 0.15) is 31.4 Å². The molecule has 2 unspecified atom stereocenters. The number of hydrogen-bond donors (Lipinski definition) is 0. The lowest BCUT2D eigenvalue weighted by molar-refractivity contribution is -0.194. The number of alkyl halides is 3. The molecule has 2 rings (SSSR count). The molecule has 0 aliphatic heterocycles. The van der Waals surface area contributed by atoms with E-state index in [0.29, 0.717) is 11.1 Å². The lowest BCUT2D eigenvalue weighted by Gasteiger charge is -2.25. The minimum Gasteiger partial charge on any atom is -0.466 e. The largest absolute Gasteiger partial charge is 0.466 e. The lowest BCUT2D eigenvalue weighted by Crippen LogP contribution is -2.41. The Balaban J connectivity index is 2.63. The molecule has 0 saturated heterocycles. The van der Waals surface area contributed by atoms with E-state index in [1.165, 1.54) is 13.8 Å². The van der Waals surface area contributed by atoms with Gasteiger partial charge < -0.3 is 9.47 Å². The van der Waals surface area contributed by atoms with Gasteiger partial charge in [-0.25, -0.2) is 4.79 Å². The maximum Gasteiger partial charge on any atom is 0.395 e. The number of esters is 2. The number of halogens is 3. The van der Waals surface area contributed by atoms with Crippen LogP contribution in [0.2, 0.25) is 0 Å². The monoisotopic (exact) mass is 435 g/mol. The van der Waals surface area contributed by atoms with E-state index >= 15 is 0 Å². The zero-order valence-corrected chi connectivity index (χ0v) is 17.3. The van der Waals surface area contributed by atoms with Crippen LogP contribution in [0.25, 0.3) is 0 Å². The first kappa shape index (κ1) is 24.1. The second kappa shape index (κ2) is 11.3. The summed E-state index contributed by atoms with van der Waals surface area (Å²) in [5.41, 5.74) is 1.25. The number of carbonyl (C=O) groups excluding carboxylic acids is 2. The lowest BCUT2D eigenvalue weighted by atomic mass is 9.94. The van der Waals surface area contributed by atoms with E-state index in [4.69, 9.17) is 9.47 Å². The molecule has 0 fully saturated rings. The Labute approximate surface area is 178 Å². The number of nitrogens with zero attached hydrogens (tertiary/aromatic N) is 1. The highest BCUT2D eigenvalue weighted by atomic mass is 19.4. The van der Waals surface area contributed by atoms with E-state index in [-0.39, 0.29) is 18.9 Å². The fourth-order valence-corrected chi connectivity index (χ4v) is 2.99. The second-order valence-corrected chi connectivity index (χ2v) is 6.56. The predicted octanol–water partition coefficient (Wildman–Crippen LogP) is 4.59. The van der Waals surface area contributed by atoms with Crippen LogP contribution in [0.15, 0.2) is 65.7 Å². The zero-order chi connectivity index (χ0) is 22.9. The standard InChI is InChI=1S/C23H24F3NO4/c1-3-30-19(28)15-18(23(24,25)26)21(22(29)31-4-2)27-20(16-11-7-5-8-12-16)17-13-9-6-10-14-17/h5-14,18,21H,3-4,15H2,1-2H3. The van der Waals surface area contributed by atoms with E-state index in [1.807, 2.05) is 0 Å². The Morgan fingerprint density at radius 2 is 1.35 bits per heavy atom. The summed E-state index contributed by atoms with van der Waals surface area (Å²) in [5, 5.41) is 0. The summed E-state index contributed by atoms with van der Waals surface area (Å²) in [6.07, 6.45) is -5.92. The van der Waals surface area contributed by atoms with Gasteiger partial charge in [0.15, 0.2) is 6.04 Å². The van der Waals surface area contributed by atoms with E-state index < -0.39 is 36.5 Å². The van der Waals surface area contributed by atoms with Crippen molar-refractivity contribution < 1.29 is 32.2 Å². The Kier molecular flexibility index (Phi) is 8.78. The van der Waals surface area contributed by atoms with Gasteiger partial charge in [-0.15, -0.1) is 0 Å². The summed E-state index contributed by atoms with van der Waals surface area (Å²) >= 11 is 0. The minimum atomic E-state index is -4.88. The molecule has 0 amide bonds. The van der Waals surface area contributed by atoms with Gasteiger partial charge in [0.2, 0.25) is 0 Å². The molecule has 0 saturated carbocycles. The number of carbonyl (C=O) groups is 2. The molecule has 0 bridgehead atoms. The molecule has 0 spiro atoms. The van der Waals surface area contributed by atoms with Gasteiger partial charge in [0, 0.05) is 11.1 Å². The molecule has 0 heterocycles. The first-order chi connectivity index (χ1) is 14.8. The van der Waals surface area contributed by atoms with Crippen LogP contribution in [0.3, 0.4) is 0 Å². The molecule has 0 aliphatic rings. The van der Waals surface area contributed by atoms with Gasteiger partial charge in [-0.05, 0) is 13.8 Å². The minimum absolute atomic E-state index is 0.0734. The molecule has 2 aromatic carbocycles. The average Bonchev–Trinajstić information content (AvgIpc) is 2.74. The number of rotatable bonds is 9. The summed E-state index contributed by atoms with van der Waals surface area (Å²) in [4.78, 5) is 28.7. The van der Waals surface area contributed by atoms with Crippen LogP contribution in [-0.4, -0.2) is 43.1 Å². The van der Waals surface area contributed by atoms with Crippen molar-refractivity contribution in [3.05, 3.63) is 71.8 Å². The van der Waals surface area contributed by atoms with E-state index in [2.05, 4.69) is 4.99 Å². The summed E-state index contributed by atoms with van der Waals surface area (Å²) < 4.78 is 51.4.